The van der Waals surface area contributed by atoms with Gasteiger partial charge in [-0.3, -0.25) is 14.5 Å². The maximum atomic E-state index is 12.2. The Bertz CT molecular complexity index is 1130. The molecule has 0 saturated carbocycles. The fourth-order valence-corrected chi connectivity index (χ4v) is 3.97. The second-order valence-electron chi connectivity index (χ2n) is 7.27. The van der Waals surface area contributed by atoms with Crippen LogP contribution in [0.25, 0.3) is 5.65 Å². The molecule has 4 rings (SSSR count). The van der Waals surface area contributed by atoms with Crippen LogP contribution in [0.3, 0.4) is 0 Å². The highest BCUT2D eigenvalue weighted by molar-refractivity contribution is 6.32. The van der Waals surface area contributed by atoms with E-state index in [2.05, 4.69) is 30.2 Å². The Morgan fingerprint density at radius 3 is 2.67 bits per heavy atom. The van der Waals surface area contributed by atoms with Crippen molar-refractivity contribution in [2.45, 2.75) is 19.9 Å². The molecule has 1 fully saturated rings. The van der Waals surface area contributed by atoms with E-state index in [-0.39, 0.29) is 11.5 Å². The molecule has 0 unspecified atom stereocenters. The average molecular weight is 430 g/mol. The van der Waals surface area contributed by atoms with Gasteiger partial charge >= 0.3 is 0 Å². The van der Waals surface area contributed by atoms with Gasteiger partial charge in [0, 0.05) is 57.1 Å². The van der Waals surface area contributed by atoms with Gasteiger partial charge in [0.05, 0.1) is 11.9 Å². The molecule has 1 aliphatic rings. The first-order valence-electron chi connectivity index (χ1n) is 9.94. The van der Waals surface area contributed by atoms with Gasteiger partial charge in [-0.1, -0.05) is 18.5 Å². The van der Waals surface area contributed by atoms with Crippen LogP contribution in [-0.2, 0) is 13.0 Å². The maximum Gasteiger partial charge on any atom is 0.269 e. The normalized spacial score (nSPS) is 15.0. The zero-order valence-corrected chi connectivity index (χ0v) is 17.7. The van der Waals surface area contributed by atoms with Crippen molar-refractivity contribution in [2.24, 2.45) is 0 Å². The van der Waals surface area contributed by atoms with Crippen LogP contribution in [0.5, 0.6) is 0 Å². The van der Waals surface area contributed by atoms with Gasteiger partial charge in [0.2, 0.25) is 0 Å². The third kappa shape index (κ3) is 3.90. The number of amides is 1. The summed E-state index contributed by atoms with van der Waals surface area (Å²) in [5.74, 6) is -0.259. The molecule has 0 aromatic carbocycles. The molecule has 158 valence electrons. The topological polar surface area (TPSA) is 98.6 Å². The van der Waals surface area contributed by atoms with Gasteiger partial charge in [-0.2, -0.15) is 5.10 Å². The van der Waals surface area contributed by atoms with Gasteiger partial charge < -0.3 is 15.2 Å². The summed E-state index contributed by atoms with van der Waals surface area (Å²) in [6.45, 7) is 5.91. The third-order valence-electron chi connectivity index (χ3n) is 5.45. The van der Waals surface area contributed by atoms with Gasteiger partial charge in [0.1, 0.15) is 11.3 Å². The lowest BCUT2D eigenvalue weighted by atomic mass is 10.2. The van der Waals surface area contributed by atoms with E-state index in [1.54, 1.807) is 23.8 Å². The van der Waals surface area contributed by atoms with E-state index in [1.807, 2.05) is 19.2 Å². The quantitative estimate of drug-likeness (QED) is 0.593. The lowest BCUT2D eigenvalue weighted by molar-refractivity contribution is 0.0958. The highest BCUT2D eigenvalue weighted by atomic mass is 35.5. The Kier molecular flexibility index (Phi) is 5.74. The molecule has 1 amide bonds. The van der Waals surface area contributed by atoms with Crippen molar-refractivity contribution in [3.05, 3.63) is 56.9 Å². The fourth-order valence-electron chi connectivity index (χ4n) is 3.70. The van der Waals surface area contributed by atoms with Crippen molar-refractivity contribution in [3.8, 4) is 0 Å². The lowest BCUT2D eigenvalue weighted by Gasteiger charge is -2.36. The first-order chi connectivity index (χ1) is 14.5. The zero-order valence-electron chi connectivity index (χ0n) is 17.0. The highest BCUT2D eigenvalue weighted by Gasteiger charge is 2.21. The van der Waals surface area contributed by atoms with Crippen LogP contribution in [-0.4, -0.2) is 63.6 Å². The number of halogens is 1. The van der Waals surface area contributed by atoms with Crippen LogP contribution >= 0.6 is 11.6 Å². The van der Waals surface area contributed by atoms with E-state index in [4.69, 9.17) is 11.6 Å². The molecular formula is C20H24ClN7O2. The number of H-pyrrole nitrogens is 1. The van der Waals surface area contributed by atoms with Crippen molar-refractivity contribution >= 4 is 28.8 Å². The summed E-state index contributed by atoms with van der Waals surface area (Å²) in [5, 5.41) is 7.27. The number of piperazine rings is 1. The summed E-state index contributed by atoms with van der Waals surface area (Å²) in [5.41, 5.74) is 3.54. The van der Waals surface area contributed by atoms with Gasteiger partial charge in [0.15, 0.2) is 5.15 Å². The van der Waals surface area contributed by atoms with Crippen molar-refractivity contribution < 1.29 is 4.79 Å². The summed E-state index contributed by atoms with van der Waals surface area (Å²) in [4.78, 5) is 35.5. The molecule has 0 atom stereocenters. The van der Waals surface area contributed by atoms with Crippen molar-refractivity contribution in [1.82, 2.24) is 29.8 Å². The van der Waals surface area contributed by atoms with Crippen LogP contribution < -0.4 is 15.8 Å². The minimum atomic E-state index is -0.259. The SMILES string of the molecule is CCc1cn2ncc(CN3CCN(c4ccc(C(=O)NC)nc4Cl)CC3)c2[nH]c1=O. The Morgan fingerprint density at radius 2 is 2.00 bits per heavy atom. The predicted molar refractivity (Wildman–Crippen MR) is 115 cm³/mol. The first-order valence-corrected chi connectivity index (χ1v) is 10.3. The summed E-state index contributed by atoms with van der Waals surface area (Å²) >= 11 is 6.33. The molecule has 3 aromatic heterocycles. The number of aromatic amines is 1. The molecule has 1 aliphatic heterocycles. The maximum absolute atomic E-state index is 12.2. The Morgan fingerprint density at radius 1 is 1.23 bits per heavy atom. The highest BCUT2D eigenvalue weighted by Crippen LogP contribution is 2.25. The smallest absolute Gasteiger partial charge is 0.269 e. The van der Waals surface area contributed by atoms with Gasteiger partial charge in [-0.25, -0.2) is 9.50 Å². The number of nitrogens with zero attached hydrogens (tertiary/aromatic N) is 5. The third-order valence-corrected chi connectivity index (χ3v) is 5.73. The van der Waals surface area contributed by atoms with Gasteiger partial charge in [0.25, 0.3) is 11.5 Å². The number of rotatable bonds is 5. The van der Waals surface area contributed by atoms with E-state index in [0.717, 1.165) is 48.6 Å². The number of pyridine rings is 1. The summed E-state index contributed by atoms with van der Waals surface area (Å²) in [6.07, 6.45) is 4.28. The Balaban J connectivity index is 1.43. The Labute approximate surface area is 178 Å². The summed E-state index contributed by atoms with van der Waals surface area (Å²) in [6, 6.07) is 3.53. The van der Waals surface area contributed by atoms with E-state index < -0.39 is 0 Å². The van der Waals surface area contributed by atoms with Crippen molar-refractivity contribution in [2.75, 3.05) is 38.1 Å². The molecule has 0 spiro atoms. The molecule has 0 radical (unpaired) electrons. The minimum Gasteiger partial charge on any atom is -0.366 e. The molecule has 1 saturated heterocycles. The second kappa shape index (κ2) is 8.45. The van der Waals surface area contributed by atoms with Crippen LogP contribution in [0.4, 0.5) is 5.69 Å². The number of aryl methyl sites for hydroxylation is 1. The van der Waals surface area contributed by atoms with E-state index >= 15 is 0 Å². The molecule has 0 bridgehead atoms. The molecule has 10 heteroatoms. The Hall–Kier alpha value is -2.91. The van der Waals surface area contributed by atoms with Crippen LogP contribution in [0.1, 0.15) is 28.5 Å². The first kappa shape index (κ1) is 20.4. The average Bonchev–Trinajstić information content (AvgIpc) is 3.14. The van der Waals surface area contributed by atoms with E-state index in [0.29, 0.717) is 23.8 Å². The van der Waals surface area contributed by atoms with Crippen LogP contribution in [0, 0.1) is 0 Å². The molecule has 3 aromatic rings. The number of hydrogen-bond donors (Lipinski definition) is 2. The molecule has 4 heterocycles. The molecule has 30 heavy (non-hydrogen) atoms. The van der Waals surface area contributed by atoms with Gasteiger partial charge in [-0.05, 0) is 18.6 Å². The molecule has 9 nitrogen and oxygen atoms in total. The number of fused-ring (bicyclic) bond motifs is 1. The van der Waals surface area contributed by atoms with Crippen LogP contribution in [0.2, 0.25) is 5.15 Å². The van der Waals surface area contributed by atoms with E-state index in [1.165, 1.54) is 0 Å². The minimum absolute atomic E-state index is 0.0566. The van der Waals surface area contributed by atoms with Gasteiger partial charge in [-0.15, -0.1) is 0 Å². The number of hydrogen-bond acceptors (Lipinski definition) is 6. The van der Waals surface area contributed by atoms with Crippen LogP contribution in [0.15, 0.2) is 29.3 Å². The number of anilines is 1. The standard InChI is InChI=1S/C20H24ClN7O2/c1-3-13-12-28-18(25-19(13)29)14(10-23-28)11-26-6-8-27(9-7-26)16-5-4-15(20(30)22-2)24-17(16)21/h4-5,10,12H,3,6-9,11H2,1-2H3,(H,22,30)(H,25,29). The molecule has 2 N–H and O–H groups in total. The van der Waals surface area contributed by atoms with E-state index in [9.17, 15) is 9.59 Å². The lowest BCUT2D eigenvalue weighted by Crippen LogP contribution is -2.46. The molecule has 0 aliphatic carbocycles. The zero-order chi connectivity index (χ0) is 21.3. The number of aromatic nitrogens is 4. The fraction of sp³-hybridized carbons (Fsp3) is 0.400. The largest absolute Gasteiger partial charge is 0.366 e. The predicted octanol–water partition coefficient (Wildman–Crippen LogP) is 1.32. The number of nitrogens with one attached hydrogen (secondary N) is 2. The number of carbonyl (C=O) groups excluding carboxylic acids is 1. The van der Waals surface area contributed by atoms with Crippen molar-refractivity contribution in [1.29, 1.82) is 0 Å². The summed E-state index contributed by atoms with van der Waals surface area (Å²) in [7, 11) is 1.56. The molecular weight excluding hydrogens is 406 g/mol. The second-order valence-corrected chi connectivity index (χ2v) is 7.63. The number of carbonyl (C=O) groups is 1. The van der Waals surface area contributed by atoms with Crippen molar-refractivity contribution in [3.63, 3.8) is 0 Å². The summed E-state index contributed by atoms with van der Waals surface area (Å²) < 4.78 is 1.74. The monoisotopic (exact) mass is 429 g/mol.